The van der Waals surface area contributed by atoms with Gasteiger partial charge in [-0.3, -0.25) is 9.48 Å². The summed E-state index contributed by atoms with van der Waals surface area (Å²) < 4.78 is 13.1. The summed E-state index contributed by atoms with van der Waals surface area (Å²) in [6.45, 7) is 6.80. The SMILES string of the molecule is Cn1cc(N2CCCC(NC(=O)C(C)(C)c3ccc4c(c3)OCCO4)C2)cn1. The lowest BCUT2D eigenvalue weighted by molar-refractivity contribution is -0.126. The van der Waals surface area contributed by atoms with E-state index >= 15 is 0 Å². The molecule has 150 valence electrons. The lowest BCUT2D eigenvalue weighted by Crippen LogP contribution is -2.52. The number of rotatable bonds is 4. The highest BCUT2D eigenvalue weighted by Crippen LogP contribution is 2.35. The van der Waals surface area contributed by atoms with E-state index in [9.17, 15) is 4.79 Å². The van der Waals surface area contributed by atoms with Crippen molar-refractivity contribution in [2.75, 3.05) is 31.2 Å². The second-order valence-corrected chi connectivity index (χ2v) is 8.11. The third-order valence-electron chi connectivity index (χ3n) is 5.64. The van der Waals surface area contributed by atoms with E-state index < -0.39 is 5.41 Å². The summed E-state index contributed by atoms with van der Waals surface area (Å²) in [6, 6.07) is 5.90. The van der Waals surface area contributed by atoms with Gasteiger partial charge in [0.2, 0.25) is 5.91 Å². The molecule has 7 nitrogen and oxygen atoms in total. The number of aryl methyl sites for hydroxylation is 1. The summed E-state index contributed by atoms with van der Waals surface area (Å²) in [5.74, 6) is 1.48. The van der Waals surface area contributed by atoms with Gasteiger partial charge in [-0.25, -0.2) is 0 Å². The van der Waals surface area contributed by atoms with Gasteiger partial charge in [-0.1, -0.05) is 6.07 Å². The second kappa shape index (κ2) is 7.37. The first kappa shape index (κ1) is 18.7. The molecule has 2 aliphatic rings. The Morgan fingerprint density at radius 3 is 2.79 bits per heavy atom. The predicted octanol–water partition coefficient (Wildman–Crippen LogP) is 2.25. The largest absolute Gasteiger partial charge is 0.486 e. The molecular weight excluding hydrogens is 356 g/mol. The van der Waals surface area contributed by atoms with Gasteiger partial charge < -0.3 is 19.7 Å². The Balaban J connectivity index is 1.44. The number of nitrogens with one attached hydrogen (secondary N) is 1. The molecule has 1 saturated heterocycles. The maximum atomic E-state index is 13.1. The smallest absolute Gasteiger partial charge is 0.230 e. The molecule has 3 heterocycles. The summed E-state index contributed by atoms with van der Waals surface area (Å²) in [4.78, 5) is 15.4. The fourth-order valence-electron chi connectivity index (χ4n) is 3.83. The maximum absolute atomic E-state index is 13.1. The number of carbonyl (C=O) groups excluding carboxylic acids is 1. The van der Waals surface area contributed by atoms with Crippen molar-refractivity contribution in [3.63, 3.8) is 0 Å². The number of hydrogen-bond acceptors (Lipinski definition) is 5. The summed E-state index contributed by atoms with van der Waals surface area (Å²) in [5.41, 5.74) is 1.37. The Morgan fingerprint density at radius 1 is 1.25 bits per heavy atom. The van der Waals surface area contributed by atoms with Crippen LogP contribution in [0.3, 0.4) is 0 Å². The Labute approximate surface area is 165 Å². The number of fused-ring (bicyclic) bond motifs is 1. The molecule has 7 heteroatoms. The van der Waals surface area contributed by atoms with Crippen molar-refractivity contribution >= 4 is 11.6 Å². The molecule has 28 heavy (non-hydrogen) atoms. The van der Waals surface area contributed by atoms with Crippen LogP contribution in [0.25, 0.3) is 0 Å². The number of benzene rings is 1. The Morgan fingerprint density at radius 2 is 2.04 bits per heavy atom. The first-order valence-corrected chi connectivity index (χ1v) is 9.88. The van der Waals surface area contributed by atoms with Gasteiger partial charge in [0.15, 0.2) is 11.5 Å². The van der Waals surface area contributed by atoms with Crippen molar-refractivity contribution in [1.82, 2.24) is 15.1 Å². The molecule has 0 saturated carbocycles. The number of anilines is 1. The Hall–Kier alpha value is -2.70. The molecule has 1 amide bonds. The summed E-state index contributed by atoms with van der Waals surface area (Å²) >= 11 is 0. The van der Waals surface area contributed by atoms with Gasteiger partial charge in [0, 0.05) is 32.4 Å². The number of piperidine rings is 1. The summed E-state index contributed by atoms with van der Waals surface area (Å²) in [5, 5.41) is 7.52. The van der Waals surface area contributed by atoms with E-state index in [-0.39, 0.29) is 11.9 Å². The van der Waals surface area contributed by atoms with Crippen molar-refractivity contribution in [1.29, 1.82) is 0 Å². The molecule has 0 radical (unpaired) electrons. The molecule has 1 unspecified atom stereocenters. The molecule has 0 bridgehead atoms. The second-order valence-electron chi connectivity index (χ2n) is 8.11. The maximum Gasteiger partial charge on any atom is 0.230 e. The van der Waals surface area contributed by atoms with Gasteiger partial charge in [-0.05, 0) is 44.4 Å². The summed E-state index contributed by atoms with van der Waals surface area (Å²) in [7, 11) is 1.92. The molecule has 0 spiro atoms. The number of hydrogen-bond donors (Lipinski definition) is 1. The molecule has 1 fully saturated rings. The lowest BCUT2D eigenvalue weighted by Gasteiger charge is -2.36. The van der Waals surface area contributed by atoms with Gasteiger partial charge in [0.1, 0.15) is 13.2 Å². The van der Waals surface area contributed by atoms with Crippen molar-refractivity contribution in [3.8, 4) is 11.5 Å². The minimum Gasteiger partial charge on any atom is -0.486 e. The van der Waals surface area contributed by atoms with Crippen LogP contribution in [-0.2, 0) is 17.3 Å². The molecule has 0 aliphatic carbocycles. The number of nitrogens with zero attached hydrogens (tertiary/aromatic N) is 3. The molecule has 1 aromatic carbocycles. The van der Waals surface area contributed by atoms with E-state index in [1.165, 1.54) is 0 Å². The molecule has 1 atom stereocenters. The van der Waals surface area contributed by atoms with Crippen LogP contribution in [-0.4, -0.2) is 48.0 Å². The van der Waals surface area contributed by atoms with Crippen LogP contribution in [0.5, 0.6) is 11.5 Å². The van der Waals surface area contributed by atoms with Crippen molar-refractivity contribution < 1.29 is 14.3 Å². The average Bonchev–Trinajstić information content (AvgIpc) is 3.14. The van der Waals surface area contributed by atoms with Crippen LogP contribution in [0.2, 0.25) is 0 Å². The van der Waals surface area contributed by atoms with Gasteiger partial charge in [-0.2, -0.15) is 5.10 Å². The fraction of sp³-hybridized carbons (Fsp3) is 0.524. The van der Waals surface area contributed by atoms with E-state index in [0.717, 1.165) is 42.9 Å². The summed E-state index contributed by atoms with van der Waals surface area (Å²) in [6.07, 6.45) is 5.93. The van der Waals surface area contributed by atoms with Crippen LogP contribution in [0.15, 0.2) is 30.6 Å². The minimum absolute atomic E-state index is 0.0298. The van der Waals surface area contributed by atoms with Crippen LogP contribution < -0.4 is 19.7 Å². The monoisotopic (exact) mass is 384 g/mol. The van der Waals surface area contributed by atoms with E-state index in [4.69, 9.17) is 9.47 Å². The van der Waals surface area contributed by atoms with Crippen LogP contribution in [0, 0.1) is 0 Å². The van der Waals surface area contributed by atoms with E-state index in [1.807, 2.05) is 56.2 Å². The quantitative estimate of drug-likeness (QED) is 0.876. The molecular formula is C21H28N4O3. The normalized spacial score (nSPS) is 19.4. The van der Waals surface area contributed by atoms with Gasteiger partial charge in [-0.15, -0.1) is 0 Å². The topological polar surface area (TPSA) is 68.6 Å². The molecule has 1 N–H and O–H groups in total. The van der Waals surface area contributed by atoms with E-state index in [0.29, 0.717) is 19.0 Å². The van der Waals surface area contributed by atoms with E-state index in [1.54, 1.807) is 0 Å². The van der Waals surface area contributed by atoms with Crippen LogP contribution >= 0.6 is 0 Å². The highest BCUT2D eigenvalue weighted by molar-refractivity contribution is 5.87. The Kier molecular flexibility index (Phi) is 4.91. The molecule has 4 rings (SSSR count). The zero-order valence-electron chi connectivity index (χ0n) is 16.8. The van der Waals surface area contributed by atoms with Gasteiger partial charge >= 0.3 is 0 Å². The average molecular weight is 384 g/mol. The predicted molar refractivity (Wildman–Crippen MR) is 107 cm³/mol. The van der Waals surface area contributed by atoms with Gasteiger partial charge in [0.25, 0.3) is 0 Å². The molecule has 1 aromatic heterocycles. The molecule has 2 aromatic rings. The van der Waals surface area contributed by atoms with Crippen molar-refractivity contribution in [2.45, 2.75) is 38.1 Å². The van der Waals surface area contributed by atoms with Gasteiger partial charge in [0.05, 0.1) is 17.3 Å². The number of amides is 1. The van der Waals surface area contributed by atoms with E-state index in [2.05, 4.69) is 15.3 Å². The molecule has 2 aliphatic heterocycles. The third kappa shape index (κ3) is 3.66. The fourth-order valence-corrected chi connectivity index (χ4v) is 3.83. The Bertz CT molecular complexity index is 861. The number of aromatic nitrogens is 2. The first-order valence-electron chi connectivity index (χ1n) is 9.88. The van der Waals surface area contributed by atoms with Crippen molar-refractivity contribution in [3.05, 3.63) is 36.2 Å². The zero-order valence-corrected chi connectivity index (χ0v) is 16.8. The van der Waals surface area contributed by atoms with Crippen LogP contribution in [0.1, 0.15) is 32.3 Å². The number of carbonyl (C=O) groups is 1. The lowest BCUT2D eigenvalue weighted by atomic mass is 9.83. The first-order chi connectivity index (χ1) is 13.4. The third-order valence-corrected chi connectivity index (χ3v) is 5.64. The highest BCUT2D eigenvalue weighted by Gasteiger charge is 2.33. The van der Waals surface area contributed by atoms with Crippen LogP contribution in [0.4, 0.5) is 5.69 Å². The standard InChI is InChI=1S/C21H28N4O3/c1-21(2,15-6-7-18-19(11-15)28-10-9-27-18)20(26)23-16-5-4-8-25(13-16)17-12-22-24(3)14-17/h6-7,11-12,14,16H,4-5,8-10,13H2,1-3H3,(H,23,26). The number of ether oxygens (including phenoxy) is 2. The zero-order chi connectivity index (χ0) is 19.7. The highest BCUT2D eigenvalue weighted by atomic mass is 16.6. The minimum atomic E-state index is -0.660. The van der Waals surface area contributed by atoms with Crippen molar-refractivity contribution in [2.24, 2.45) is 7.05 Å².